The van der Waals surface area contributed by atoms with Crippen molar-refractivity contribution in [2.45, 2.75) is 44.4 Å². The van der Waals surface area contributed by atoms with Gasteiger partial charge in [0.15, 0.2) is 0 Å². The zero-order valence-corrected chi connectivity index (χ0v) is 17.2. The lowest BCUT2D eigenvalue weighted by molar-refractivity contribution is -0.142. The van der Waals surface area contributed by atoms with E-state index < -0.39 is 5.60 Å². The average Bonchev–Trinajstić information content (AvgIpc) is 3.14. The SMILES string of the molecule is C[C@]1(C(=O)NC2CCN(Cc3cccnc3)CC2)CC(c2ccccc2Cl)=NO1. The molecule has 0 aliphatic carbocycles. The molecule has 1 N–H and O–H groups in total. The van der Waals surface area contributed by atoms with Gasteiger partial charge in [0.05, 0.1) is 5.71 Å². The number of carbonyl (C=O) groups is 1. The minimum atomic E-state index is -0.999. The number of pyridine rings is 1. The van der Waals surface area contributed by atoms with Gasteiger partial charge in [-0.05, 0) is 37.5 Å². The fourth-order valence-corrected chi connectivity index (χ4v) is 4.07. The molecule has 2 aromatic rings. The molecule has 2 aliphatic heterocycles. The first kappa shape index (κ1) is 19.9. The molecular formula is C22H25ClN4O2. The van der Waals surface area contributed by atoms with Crippen molar-refractivity contribution in [2.24, 2.45) is 5.16 Å². The number of nitrogens with zero attached hydrogens (tertiary/aromatic N) is 3. The molecule has 0 unspecified atom stereocenters. The summed E-state index contributed by atoms with van der Waals surface area (Å²) in [5.41, 5.74) is 1.74. The number of rotatable bonds is 5. The summed E-state index contributed by atoms with van der Waals surface area (Å²) >= 11 is 6.26. The number of benzene rings is 1. The molecule has 0 radical (unpaired) electrons. The summed E-state index contributed by atoms with van der Waals surface area (Å²) < 4.78 is 0. The third-order valence-corrected chi connectivity index (χ3v) is 5.91. The third-order valence-electron chi connectivity index (χ3n) is 5.58. The molecule has 4 rings (SSSR count). The quantitative estimate of drug-likeness (QED) is 0.817. The number of aromatic nitrogens is 1. The van der Waals surface area contributed by atoms with Crippen LogP contribution in [0.4, 0.5) is 0 Å². The molecule has 1 aromatic carbocycles. The molecule has 0 saturated carbocycles. The minimum Gasteiger partial charge on any atom is -0.379 e. The Hall–Kier alpha value is -2.44. The van der Waals surface area contributed by atoms with Crippen LogP contribution in [0, 0.1) is 0 Å². The van der Waals surface area contributed by atoms with E-state index in [9.17, 15) is 4.79 Å². The number of nitrogens with one attached hydrogen (secondary N) is 1. The second kappa shape index (κ2) is 8.51. The standard InChI is InChI=1S/C22H25ClN4O2/c1-22(13-20(26-29-22)18-6-2-3-7-19(18)23)21(28)25-17-8-11-27(12-9-17)15-16-5-4-10-24-14-16/h2-7,10,14,17H,8-9,11-13,15H2,1H3,(H,25,28)/t22-/m1/s1. The summed E-state index contributed by atoms with van der Waals surface area (Å²) in [6.07, 6.45) is 5.93. The van der Waals surface area contributed by atoms with E-state index in [0.29, 0.717) is 17.2 Å². The van der Waals surface area contributed by atoms with Crippen LogP contribution in [-0.2, 0) is 16.2 Å². The second-order valence-corrected chi connectivity index (χ2v) is 8.31. The fourth-order valence-electron chi connectivity index (χ4n) is 3.82. The molecule has 0 spiro atoms. The summed E-state index contributed by atoms with van der Waals surface area (Å²) in [4.78, 5) is 25.0. The Morgan fingerprint density at radius 3 is 2.79 bits per heavy atom. The van der Waals surface area contributed by atoms with Gasteiger partial charge in [0.1, 0.15) is 0 Å². The molecule has 2 aliphatic rings. The normalized spacial score (nSPS) is 22.8. The van der Waals surface area contributed by atoms with Crippen molar-refractivity contribution < 1.29 is 9.63 Å². The van der Waals surface area contributed by atoms with Gasteiger partial charge in [0.2, 0.25) is 5.60 Å². The number of carbonyl (C=O) groups excluding carboxylic acids is 1. The number of likely N-dealkylation sites (tertiary alicyclic amines) is 1. The molecule has 1 saturated heterocycles. The van der Waals surface area contributed by atoms with E-state index in [-0.39, 0.29) is 11.9 Å². The van der Waals surface area contributed by atoms with Crippen molar-refractivity contribution in [2.75, 3.05) is 13.1 Å². The van der Waals surface area contributed by atoms with Crippen molar-refractivity contribution in [1.29, 1.82) is 0 Å². The smallest absolute Gasteiger partial charge is 0.267 e. The van der Waals surface area contributed by atoms with Gasteiger partial charge in [-0.25, -0.2) is 0 Å². The Bertz CT molecular complexity index is 897. The second-order valence-electron chi connectivity index (χ2n) is 7.90. The monoisotopic (exact) mass is 412 g/mol. The average molecular weight is 413 g/mol. The Morgan fingerprint density at radius 1 is 1.28 bits per heavy atom. The lowest BCUT2D eigenvalue weighted by atomic mass is 9.94. The van der Waals surface area contributed by atoms with Crippen LogP contribution in [0.15, 0.2) is 53.9 Å². The largest absolute Gasteiger partial charge is 0.379 e. The Kier molecular flexibility index (Phi) is 5.83. The lowest BCUT2D eigenvalue weighted by Gasteiger charge is -2.33. The molecule has 0 bridgehead atoms. The van der Waals surface area contributed by atoms with Crippen LogP contribution in [0.25, 0.3) is 0 Å². The highest BCUT2D eigenvalue weighted by molar-refractivity contribution is 6.34. The molecule has 1 aromatic heterocycles. The Labute approximate surface area is 175 Å². The van der Waals surface area contributed by atoms with Gasteiger partial charge >= 0.3 is 0 Å². The van der Waals surface area contributed by atoms with Crippen LogP contribution in [0.1, 0.15) is 37.3 Å². The van der Waals surface area contributed by atoms with E-state index in [2.05, 4.69) is 26.4 Å². The van der Waals surface area contributed by atoms with E-state index in [0.717, 1.165) is 38.0 Å². The number of oxime groups is 1. The maximum atomic E-state index is 12.9. The summed E-state index contributed by atoms with van der Waals surface area (Å²) in [6.45, 7) is 4.56. The summed E-state index contributed by atoms with van der Waals surface area (Å²) in [7, 11) is 0. The van der Waals surface area contributed by atoms with Gasteiger partial charge in [0.25, 0.3) is 5.91 Å². The summed E-state index contributed by atoms with van der Waals surface area (Å²) in [5, 5.41) is 7.92. The predicted octanol–water partition coefficient (Wildman–Crippen LogP) is 3.40. The van der Waals surface area contributed by atoms with Crippen molar-refractivity contribution >= 4 is 23.2 Å². The number of hydrogen-bond acceptors (Lipinski definition) is 5. The van der Waals surface area contributed by atoms with Crippen LogP contribution in [0.2, 0.25) is 5.02 Å². The summed E-state index contributed by atoms with van der Waals surface area (Å²) in [5.74, 6) is -0.117. The number of hydrogen-bond donors (Lipinski definition) is 1. The number of piperidine rings is 1. The van der Waals surface area contributed by atoms with Gasteiger partial charge in [0, 0.05) is 55.1 Å². The van der Waals surface area contributed by atoms with Crippen LogP contribution in [0.5, 0.6) is 0 Å². The van der Waals surface area contributed by atoms with Crippen molar-refractivity contribution in [3.05, 3.63) is 64.9 Å². The first-order chi connectivity index (χ1) is 14.0. The molecule has 7 heteroatoms. The molecule has 152 valence electrons. The number of amides is 1. The molecule has 6 nitrogen and oxygen atoms in total. The first-order valence-corrected chi connectivity index (χ1v) is 10.3. The van der Waals surface area contributed by atoms with E-state index in [4.69, 9.17) is 16.4 Å². The van der Waals surface area contributed by atoms with E-state index in [1.165, 1.54) is 5.56 Å². The van der Waals surface area contributed by atoms with Gasteiger partial charge in [-0.15, -0.1) is 0 Å². The first-order valence-electron chi connectivity index (χ1n) is 9.96. The molecular weight excluding hydrogens is 388 g/mol. The highest BCUT2D eigenvalue weighted by atomic mass is 35.5. The van der Waals surface area contributed by atoms with Crippen LogP contribution >= 0.6 is 11.6 Å². The number of halogens is 1. The van der Waals surface area contributed by atoms with Crippen molar-refractivity contribution in [3.63, 3.8) is 0 Å². The summed E-state index contributed by atoms with van der Waals surface area (Å²) in [6, 6.07) is 11.7. The maximum Gasteiger partial charge on any atom is 0.267 e. The predicted molar refractivity (Wildman–Crippen MR) is 113 cm³/mol. The zero-order valence-electron chi connectivity index (χ0n) is 16.5. The van der Waals surface area contributed by atoms with Crippen molar-refractivity contribution in [1.82, 2.24) is 15.2 Å². The van der Waals surface area contributed by atoms with Gasteiger partial charge in [-0.1, -0.05) is 41.0 Å². The van der Waals surface area contributed by atoms with Gasteiger partial charge < -0.3 is 10.2 Å². The highest BCUT2D eigenvalue weighted by Crippen LogP contribution is 2.30. The molecule has 1 atom stereocenters. The fraction of sp³-hybridized carbons (Fsp3) is 0.409. The molecule has 3 heterocycles. The Balaban J connectivity index is 1.29. The molecule has 1 amide bonds. The highest BCUT2D eigenvalue weighted by Gasteiger charge is 2.43. The van der Waals surface area contributed by atoms with E-state index in [1.807, 2.05) is 36.5 Å². The van der Waals surface area contributed by atoms with Crippen molar-refractivity contribution in [3.8, 4) is 0 Å². The van der Waals surface area contributed by atoms with E-state index in [1.54, 1.807) is 13.1 Å². The molecule has 29 heavy (non-hydrogen) atoms. The van der Waals surface area contributed by atoms with Crippen LogP contribution in [-0.4, -0.2) is 46.2 Å². The topological polar surface area (TPSA) is 66.8 Å². The maximum absolute atomic E-state index is 12.9. The zero-order chi connectivity index (χ0) is 20.3. The van der Waals surface area contributed by atoms with Gasteiger partial charge in [-0.2, -0.15) is 0 Å². The van der Waals surface area contributed by atoms with Crippen LogP contribution < -0.4 is 5.32 Å². The lowest BCUT2D eigenvalue weighted by Crippen LogP contribution is -2.51. The minimum absolute atomic E-state index is 0.117. The van der Waals surface area contributed by atoms with Gasteiger partial charge in [-0.3, -0.25) is 14.7 Å². The molecule has 1 fully saturated rings. The third kappa shape index (κ3) is 4.60. The Morgan fingerprint density at radius 2 is 2.07 bits per heavy atom. The van der Waals surface area contributed by atoms with E-state index >= 15 is 0 Å². The van der Waals surface area contributed by atoms with Crippen LogP contribution in [0.3, 0.4) is 0 Å².